The van der Waals surface area contributed by atoms with Gasteiger partial charge in [-0.1, -0.05) is 13.8 Å². The van der Waals surface area contributed by atoms with Gasteiger partial charge in [0.25, 0.3) is 0 Å². The largest absolute Gasteiger partial charge is 0.462 e. The van der Waals surface area contributed by atoms with Crippen LogP contribution in [0.3, 0.4) is 0 Å². The fourth-order valence-corrected chi connectivity index (χ4v) is 1.54. The standard InChI is InChI=1S/C16H19F3O4/c1-9(2)10(3)22-13(20)5-4-6-14(21)23-12-8-7-11(17)15(18)16(12)19/h7-10H,4-6H2,1-3H3. The predicted molar refractivity (Wildman–Crippen MR) is 76.2 cm³/mol. The quantitative estimate of drug-likeness (QED) is 0.433. The first-order chi connectivity index (χ1) is 10.7. The fourth-order valence-electron chi connectivity index (χ4n) is 1.54. The highest BCUT2D eigenvalue weighted by Gasteiger charge is 2.18. The molecular weight excluding hydrogens is 313 g/mol. The third-order valence-electron chi connectivity index (χ3n) is 3.24. The van der Waals surface area contributed by atoms with Crippen molar-refractivity contribution < 1.29 is 32.2 Å². The van der Waals surface area contributed by atoms with Crippen molar-refractivity contribution in [2.45, 2.75) is 46.1 Å². The summed E-state index contributed by atoms with van der Waals surface area (Å²) in [5.74, 6) is -6.45. The lowest BCUT2D eigenvalue weighted by Crippen LogP contribution is -2.20. The molecule has 1 unspecified atom stereocenters. The van der Waals surface area contributed by atoms with E-state index in [4.69, 9.17) is 4.74 Å². The summed E-state index contributed by atoms with van der Waals surface area (Å²) < 4.78 is 48.8. The second-order valence-corrected chi connectivity index (χ2v) is 5.44. The van der Waals surface area contributed by atoms with Gasteiger partial charge in [0, 0.05) is 12.8 Å². The molecule has 0 bridgehead atoms. The van der Waals surface area contributed by atoms with Crippen LogP contribution in [0.5, 0.6) is 5.75 Å². The van der Waals surface area contributed by atoms with E-state index in [-0.39, 0.29) is 31.3 Å². The Kier molecular flexibility index (Phi) is 7.06. The molecule has 128 valence electrons. The third-order valence-corrected chi connectivity index (χ3v) is 3.24. The summed E-state index contributed by atoms with van der Waals surface area (Å²) in [5, 5.41) is 0. The number of rotatable bonds is 7. The Morgan fingerprint density at radius 1 is 1.00 bits per heavy atom. The van der Waals surface area contributed by atoms with Gasteiger partial charge in [0.2, 0.25) is 5.82 Å². The van der Waals surface area contributed by atoms with Crippen LogP contribution in [-0.4, -0.2) is 18.0 Å². The Balaban J connectivity index is 2.41. The highest BCUT2D eigenvalue weighted by molar-refractivity contribution is 5.74. The van der Waals surface area contributed by atoms with E-state index in [0.29, 0.717) is 6.07 Å². The molecule has 1 aromatic rings. The second-order valence-electron chi connectivity index (χ2n) is 5.44. The molecule has 0 saturated heterocycles. The van der Waals surface area contributed by atoms with Crippen molar-refractivity contribution >= 4 is 11.9 Å². The first-order valence-electron chi connectivity index (χ1n) is 7.26. The lowest BCUT2D eigenvalue weighted by Gasteiger charge is -2.16. The number of halogens is 3. The van der Waals surface area contributed by atoms with Gasteiger partial charge in [-0.15, -0.1) is 0 Å². The van der Waals surface area contributed by atoms with Gasteiger partial charge in [-0.3, -0.25) is 9.59 Å². The maximum Gasteiger partial charge on any atom is 0.311 e. The Labute approximate surface area is 132 Å². The summed E-state index contributed by atoms with van der Waals surface area (Å²) >= 11 is 0. The van der Waals surface area contributed by atoms with Crippen molar-refractivity contribution in [3.8, 4) is 5.75 Å². The highest BCUT2D eigenvalue weighted by Crippen LogP contribution is 2.22. The zero-order chi connectivity index (χ0) is 17.6. The number of carbonyl (C=O) groups excluding carboxylic acids is 2. The van der Waals surface area contributed by atoms with E-state index >= 15 is 0 Å². The van der Waals surface area contributed by atoms with Gasteiger partial charge < -0.3 is 9.47 Å². The minimum Gasteiger partial charge on any atom is -0.462 e. The molecule has 4 nitrogen and oxygen atoms in total. The molecule has 0 aliphatic heterocycles. The molecule has 0 N–H and O–H groups in total. The average Bonchev–Trinajstić information content (AvgIpc) is 2.47. The molecule has 0 aliphatic rings. The lowest BCUT2D eigenvalue weighted by atomic mass is 10.1. The average molecular weight is 332 g/mol. The molecule has 1 rings (SSSR count). The molecule has 0 saturated carbocycles. The molecular formula is C16H19F3O4. The first kappa shape index (κ1) is 19.0. The van der Waals surface area contributed by atoms with E-state index in [2.05, 4.69) is 4.74 Å². The summed E-state index contributed by atoms with van der Waals surface area (Å²) in [6.07, 6.45) is -0.255. The van der Waals surface area contributed by atoms with Crippen LogP contribution in [0.15, 0.2) is 12.1 Å². The van der Waals surface area contributed by atoms with Gasteiger partial charge in [-0.2, -0.15) is 4.39 Å². The van der Waals surface area contributed by atoms with Gasteiger partial charge >= 0.3 is 11.9 Å². The molecule has 1 aromatic carbocycles. The van der Waals surface area contributed by atoms with Crippen molar-refractivity contribution in [2.75, 3.05) is 0 Å². The number of benzene rings is 1. The number of esters is 2. The van der Waals surface area contributed by atoms with Crippen molar-refractivity contribution in [2.24, 2.45) is 5.92 Å². The topological polar surface area (TPSA) is 52.6 Å². The van der Waals surface area contributed by atoms with Crippen LogP contribution in [-0.2, 0) is 14.3 Å². The van der Waals surface area contributed by atoms with E-state index < -0.39 is 35.1 Å². The fraction of sp³-hybridized carbons (Fsp3) is 0.500. The molecule has 7 heteroatoms. The van der Waals surface area contributed by atoms with Crippen molar-refractivity contribution in [3.63, 3.8) is 0 Å². The molecule has 0 radical (unpaired) electrons. The number of hydrogen-bond donors (Lipinski definition) is 0. The summed E-state index contributed by atoms with van der Waals surface area (Å²) in [6.45, 7) is 5.58. The maximum atomic E-state index is 13.3. The van der Waals surface area contributed by atoms with Crippen molar-refractivity contribution in [1.82, 2.24) is 0 Å². The summed E-state index contributed by atoms with van der Waals surface area (Å²) in [5.41, 5.74) is 0. The van der Waals surface area contributed by atoms with Gasteiger partial charge in [0.05, 0.1) is 0 Å². The van der Waals surface area contributed by atoms with Crippen LogP contribution in [0.1, 0.15) is 40.0 Å². The molecule has 0 heterocycles. The smallest absolute Gasteiger partial charge is 0.311 e. The Bertz CT molecular complexity index is 573. The minimum absolute atomic E-state index is 0.00637. The molecule has 0 spiro atoms. The predicted octanol–water partition coefficient (Wildman–Crippen LogP) is 3.77. The van der Waals surface area contributed by atoms with Crippen LogP contribution in [0.2, 0.25) is 0 Å². The van der Waals surface area contributed by atoms with Crippen LogP contribution in [0.25, 0.3) is 0 Å². The normalized spacial score (nSPS) is 12.1. The minimum atomic E-state index is -1.71. The van der Waals surface area contributed by atoms with Crippen LogP contribution in [0.4, 0.5) is 13.2 Å². The maximum absolute atomic E-state index is 13.3. The molecule has 0 fully saturated rings. The van der Waals surface area contributed by atoms with Gasteiger partial charge in [0.15, 0.2) is 17.4 Å². The van der Waals surface area contributed by atoms with Crippen LogP contribution >= 0.6 is 0 Å². The SMILES string of the molecule is CC(C)C(C)OC(=O)CCCC(=O)Oc1ccc(F)c(F)c1F. The highest BCUT2D eigenvalue weighted by atomic mass is 19.2. The van der Waals surface area contributed by atoms with Crippen molar-refractivity contribution in [3.05, 3.63) is 29.6 Å². The third kappa shape index (κ3) is 5.92. The van der Waals surface area contributed by atoms with E-state index in [1.807, 2.05) is 13.8 Å². The summed E-state index contributed by atoms with van der Waals surface area (Å²) in [7, 11) is 0. The van der Waals surface area contributed by atoms with E-state index in [1.54, 1.807) is 6.92 Å². The van der Waals surface area contributed by atoms with E-state index in [9.17, 15) is 22.8 Å². The molecule has 1 atom stereocenters. The Morgan fingerprint density at radius 2 is 1.61 bits per heavy atom. The van der Waals surface area contributed by atoms with Gasteiger partial charge in [0.1, 0.15) is 6.10 Å². The zero-order valence-corrected chi connectivity index (χ0v) is 13.2. The monoisotopic (exact) mass is 332 g/mol. The molecule has 0 aromatic heterocycles. The zero-order valence-electron chi connectivity index (χ0n) is 13.2. The molecule has 23 heavy (non-hydrogen) atoms. The van der Waals surface area contributed by atoms with Gasteiger partial charge in [-0.05, 0) is 31.4 Å². The van der Waals surface area contributed by atoms with Crippen molar-refractivity contribution in [1.29, 1.82) is 0 Å². The first-order valence-corrected chi connectivity index (χ1v) is 7.26. The lowest BCUT2D eigenvalue weighted by molar-refractivity contribution is -0.150. The second kappa shape index (κ2) is 8.55. The van der Waals surface area contributed by atoms with E-state index in [1.165, 1.54) is 0 Å². The number of carbonyl (C=O) groups is 2. The number of hydrogen-bond acceptors (Lipinski definition) is 4. The Hall–Kier alpha value is -2.05. The van der Waals surface area contributed by atoms with Crippen LogP contribution in [0, 0.1) is 23.4 Å². The molecule has 0 aliphatic carbocycles. The number of ether oxygens (including phenoxy) is 2. The Morgan fingerprint density at radius 3 is 2.22 bits per heavy atom. The molecule has 0 amide bonds. The summed E-state index contributed by atoms with van der Waals surface area (Å²) in [6, 6.07) is 1.48. The van der Waals surface area contributed by atoms with Gasteiger partial charge in [-0.25, -0.2) is 8.78 Å². The van der Waals surface area contributed by atoms with Crippen LogP contribution < -0.4 is 4.74 Å². The summed E-state index contributed by atoms with van der Waals surface area (Å²) in [4.78, 5) is 23.0. The van der Waals surface area contributed by atoms with E-state index in [0.717, 1.165) is 6.07 Å².